The third kappa shape index (κ3) is 8.47. The summed E-state index contributed by atoms with van der Waals surface area (Å²) in [5.41, 5.74) is 0.596. The van der Waals surface area contributed by atoms with E-state index in [1.807, 2.05) is 53.1 Å². The first-order chi connectivity index (χ1) is 13.2. The number of para-hydroxylation sites is 1. The normalized spacial score (nSPS) is 13.1. The Balaban J connectivity index is 2.52. The van der Waals surface area contributed by atoms with Crippen LogP contribution >= 0.6 is 0 Å². The van der Waals surface area contributed by atoms with Crippen molar-refractivity contribution in [3.63, 3.8) is 0 Å². The summed E-state index contributed by atoms with van der Waals surface area (Å²) in [6, 6.07) is 8.09. The molecule has 8 nitrogen and oxygen atoms in total. The SMILES string of the molecule is CN=C(NCCNC(=O)OC(C)(C)C)NCC(c1ccccc1OC)N(C)C. The molecule has 0 saturated carbocycles. The fourth-order valence-corrected chi connectivity index (χ4v) is 2.59. The predicted molar refractivity (Wildman–Crippen MR) is 113 cm³/mol. The van der Waals surface area contributed by atoms with E-state index >= 15 is 0 Å². The Morgan fingerprint density at radius 2 is 1.79 bits per heavy atom. The number of nitrogens with zero attached hydrogens (tertiary/aromatic N) is 2. The highest BCUT2D eigenvalue weighted by molar-refractivity contribution is 5.79. The van der Waals surface area contributed by atoms with Gasteiger partial charge in [0.05, 0.1) is 13.2 Å². The minimum absolute atomic E-state index is 0.106. The summed E-state index contributed by atoms with van der Waals surface area (Å²) < 4.78 is 10.7. The number of ether oxygens (including phenoxy) is 2. The van der Waals surface area contributed by atoms with Crippen LogP contribution in [0.25, 0.3) is 0 Å². The van der Waals surface area contributed by atoms with Gasteiger partial charge in [-0.2, -0.15) is 0 Å². The van der Waals surface area contributed by atoms with Gasteiger partial charge in [0.25, 0.3) is 0 Å². The zero-order valence-electron chi connectivity index (χ0n) is 18.1. The number of amides is 1. The molecule has 28 heavy (non-hydrogen) atoms. The quantitative estimate of drug-likeness (QED) is 0.356. The fourth-order valence-electron chi connectivity index (χ4n) is 2.59. The van der Waals surface area contributed by atoms with E-state index in [0.29, 0.717) is 25.6 Å². The van der Waals surface area contributed by atoms with Gasteiger partial charge in [0, 0.05) is 32.2 Å². The van der Waals surface area contributed by atoms with Crippen molar-refractivity contribution in [3.05, 3.63) is 29.8 Å². The first-order valence-electron chi connectivity index (χ1n) is 9.38. The molecule has 8 heteroatoms. The minimum atomic E-state index is -0.505. The Morgan fingerprint density at radius 1 is 1.14 bits per heavy atom. The predicted octanol–water partition coefficient (Wildman–Crippen LogP) is 1.99. The number of aliphatic imine (C=N–C) groups is 1. The highest BCUT2D eigenvalue weighted by atomic mass is 16.6. The molecule has 0 aliphatic heterocycles. The first kappa shape index (κ1) is 23.6. The molecule has 0 heterocycles. The summed E-state index contributed by atoms with van der Waals surface area (Å²) in [4.78, 5) is 18.0. The molecule has 1 rings (SSSR count). The molecule has 1 aromatic carbocycles. The lowest BCUT2D eigenvalue weighted by Crippen LogP contribution is -2.44. The maximum atomic E-state index is 11.7. The molecule has 0 saturated heterocycles. The molecule has 1 unspecified atom stereocenters. The first-order valence-corrected chi connectivity index (χ1v) is 9.38. The van der Waals surface area contributed by atoms with Crippen molar-refractivity contribution in [2.45, 2.75) is 32.4 Å². The van der Waals surface area contributed by atoms with Gasteiger partial charge in [0.1, 0.15) is 11.4 Å². The van der Waals surface area contributed by atoms with Crippen LogP contribution in [0.3, 0.4) is 0 Å². The molecule has 1 aromatic rings. The average molecular weight is 394 g/mol. The van der Waals surface area contributed by atoms with E-state index in [9.17, 15) is 4.79 Å². The Hall–Kier alpha value is -2.48. The van der Waals surface area contributed by atoms with Gasteiger partial charge in [-0.1, -0.05) is 18.2 Å². The number of carbonyl (C=O) groups excluding carboxylic acids is 1. The highest BCUT2D eigenvalue weighted by Gasteiger charge is 2.18. The monoisotopic (exact) mass is 393 g/mol. The number of benzene rings is 1. The van der Waals surface area contributed by atoms with Gasteiger partial charge in [-0.25, -0.2) is 4.79 Å². The molecule has 0 aromatic heterocycles. The van der Waals surface area contributed by atoms with E-state index in [0.717, 1.165) is 11.3 Å². The van der Waals surface area contributed by atoms with Gasteiger partial charge in [-0.05, 0) is 40.9 Å². The maximum Gasteiger partial charge on any atom is 0.407 e. The summed E-state index contributed by atoms with van der Waals surface area (Å²) >= 11 is 0. The minimum Gasteiger partial charge on any atom is -0.496 e. The van der Waals surface area contributed by atoms with Crippen molar-refractivity contribution in [2.75, 3.05) is 47.9 Å². The molecule has 0 spiro atoms. The molecule has 0 radical (unpaired) electrons. The van der Waals surface area contributed by atoms with Crippen LogP contribution in [0.4, 0.5) is 4.79 Å². The van der Waals surface area contributed by atoms with Crippen LogP contribution in [0.5, 0.6) is 5.75 Å². The molecule has 1 amide bonds. The van der Waals surface area contributed by atoms with Gasteiger partial charge in [0.15, 0.2) is 5.96 Å². The number of guanidine groups is 1. The topological polar surface area (TPSA) is 87.2 Å². The van der Waals surface area contributed by atoms with Crippen molar-refractivity contribution in [2.24, 2.45) is 4.99 Å². The second-order valence-electron chi connectivity index (χ2n) is 7.53. The average Bonchev–Trinajstić information content (AvgIpc) is 2.62. The van der Waals surface area contributed by atoms with E-state index in [4.69, 9.17) is 9.47 Å². The number of hydrogen-bond donors (Lipinski definition) is 3. The number of methoxy groups -OCH3 is 1. The zero-order chi connectivity index (χ0) is 21.2. The molecule has 0 fully saturated rings. The lowest BCUT2D eigenvalue weighted by molar-refractivity contribution is 0.0529. The third-order valence-corrected chi connectivity index (χ3v) is 3.89. The van der Waals surface area contributed by atoms with Crippen LogP contribution in [-0.2, 0) is 4.74 Å². The largest absolute Gasteiger partial charge is 0.496 e. The number of hydrogen-bond acceptors (Lipinski definition) is 5. The summed E-state index contributed by atoms with van der Waals surface area (Å²) in [6.45, 7) is 7.10. The van der Waals surface area contributed by atoms with Crippen molar-refractivity contribution < 1.29 is 14.3 Å². The molecule has 0 aliphatic rings. The zero-order valence-corrected chi connectivity index (χ0v) is 18.1. The van der Waals surface area contributed by atoms with Gasteiger partial charge < -0.3 is 30.3 Å². The number of nitrogens with one attached hydrogen (secondary N) is 3. The van der Waals surface area contributed by atoms with Crippen LogP contribution in [-0.4, -0.2) is 70.4 Å². The Kier molecular flexibility index (Phi) is 9.58. The van der Waals surface area contributed by atoms with Crippen molar-refractivity contribution in [1.29, 1.82) is 0 Å². The number of rotatable bonds is 8. The van der Waals surface area contributed by atoms with E-state index in [1.165, 1.54) is 0 Å². The Labute approximate surface area is 168 Å². The molecule has 0 bridgehead atoms. The standard InChI is InChI=1S/C20H35N5O3/c1-20(2,3)28-19(26)23-13-12-22-18(21-4)24-14-16(25(5)6)15-10-8-9-11-17(15)27-7/h8-11,16H,12-14H2,1-7H3,(H,23,26)(H2,21,22,24). The second kappa shape index (κ2) is 11.4. The van der Waals surface area contributed by atoms with Crippen LogP contribution in [0.1, 0.15) is 32.4 Å². The lowest BCUT2D eigenvalue weighted by Gasteiger charge is -2.27. The van der Waals surface area contributed by atoms with Gasteiger partial charge in [-0.3, -0.25) is 4.99 Å². The Morgan fingerprint density at radius 3 is 2.36 bits per heavy atom. The van der Waals surface area contributed by atoms with Crippen LogP contribution in [0.15, 0.2) is 29.3 Å². The van der Waals surface area contributed by atoms with E-state index < -0.39 is 11.7 Å². The van der Waals surface area contributed by atoms with Crippen molar-refractivity contribution in [3.8, 4) is 5.75 Å². The van der Waals surface area contributed by atoms with Crippen LogP contribution in [0, 0.1) is 0 Å². The Bertz CT molecular complexity index is 641. The number of alkyl carbamates (subject to hydrolysis) is 1. The lowest BCUT2D eigenvalue weighted by atomic mass is 10.0. The summed E-state index contributed by atoms with van der Waals surface area (Å²) in [5.74, 6) is 1.51. The van der Waals surface area contributed by atoms with E-state index in [-0.39, 0.29) is 6.04 Å². The second-order valence-corrected chi connectivity index (χ2v) is 7.53. The number of carbonyl (C=O) groups is 1. The number of likely N-dealkylation sites (N-methyl/N-ethyl adjacent to an activating group) is 1. The van der Waals surface area contributed by atoms with E-state index in [1.54, 1.807) is 14.2 Å². The maximum absolute atomic E-state index is 11.7. The van der Waals surface area contributed by atoms with Crippen molar-refractivity contribution >= 4 is 12.1 Å². The summed E-state index contributed by atoms with van der Waals surface area (Å²) in [6.07, 6.45) is -0.430. The molecular weight excluding hydrogens is 358 g/mol. The molecule has 0 aliphatic carbocycles. The van der Waals surface area contributed by atoms with Gasteiger partial charge in [-0.15, -0.1) is 0 Å². The highest BCUT2D eigenvalue weighted by Crippen LogP contribution is 2.27. The van der Waals surface area contributed by atoms with Crippen molar-refractivity contribution in [1.82, 2.24) is 20.9 Å². The smallest absolute Gasteiger partial charge is 0.407 e. The third-order valence-electron chi connectivity index (χ3n) is 3.89. The molecule has 3 N–H and O–H groups in total. The van der Waals surface area contributed by atoms with Crippen LogP contribution in [0.2, 0.25) is 0 Å². The van der Waals surface area contributed by atoms with E-state index in [2.05, 4.69) is 31.9 Å². The summed E-state index contributed by atoms with van der Waals surface area (Å²) in [5, 5.41) is 9.22. The van der Waals surface area contributed by atoms with Gasteiger partial charge >= 0.3 is 6.09 Å². The molecular formula is C20H35N5O3. The van der Waals surface area contributed by atoms with Gasteiger partial charge in [0.2, 0.25) is 0 Å². The fraction of sp³-hybridized carbons (Fsp3) is 0.600. The molecule has 158 valence electrons. The van der Waals surface area contributed by atoms with Crippen LogP contribution < -0.4 is 20.7 Å². The summed E-state index contributed by atoms with van der Waals surface area (Å²) in [7, 11) is 7.45. The molecule has 1 atom stereocenters.